The Hall–Kier alpha value is -1.10. The Morgan fingerprint density at radius 1 is 1.44 bits per heavy atom. The Morgan fingerprint density at radius 2 is 2.06 bits per heavy atom. The molecule has 0 unspecified atom stereocenters. The van der Waals surface area contributed by atoms with Crippen LogP contribution in [-0.4, -0.2) is 46.7 Å². The van der Waals surface area contributed by atoms with Gasteiger partial charge in [0.15, 0.2) is 0 Å². The lowest BCUT2D eigenvalue weighted by molar-refractivity contribution is -0.152. The number of aliphatic carboxylic acids is 1. The van der Waals surface area contributed by atoms with E-state index in [0.29, 0.717) is 13.0 Å². The van der Waals surface area contributed by atoms with Crippen molar-refractivity contribution in [3.05, 3.63) is 0 Å². The van der Waals surface area contributed by atoms with Crippen LogP contribution in [0.4, 0.5) is 0 Å². The molecule has 0 aliphatic carbocycles. The predicted molar refractivity (Wildman–Crippen MR) is 58.1 cm³/mol. The highest BCUT2D eigenvalue weighted by Crippen LogP contribution is 2.18. The molecule has 5 nitrogen and oxygen atoms in total. The lowest BCUT2D eigenvalue weighted by Gasteiger charge is -2.24. The minimum Gasteiger partial charge on any atom is -0.480 e. The Labute approximate surface area is 95.4 Å². The molecule has 1 rings (SSSR count). The number of likely N-dealkylation sites (tertiary alicyclic amines) is 1. The molecule has 92 valence electrons. The van der Waals surface area contributed by atoms with Crippen LogP contribution in [0, 0.1) is 0 Å². The second-order valence-electron chi connectivity index (χ2n) is 4.98. The number of ether oxygens (including phenoxy) is 1. The van der Waals surface area contributed by atoms with E-state index in [0.717, 1.165) is 6.42 Å². The summed E-state index contributed by atoms with van der Waals surface area (Å²) in [6.45, 7) is 6.05. The molecule has 5 heteroatoms. The smallest absolute Gasteiger partial charge is 0.326 e. The summed E-state index contributed by atoms with van der Waals surface area (Å²) in [6, 6.07) is -0.670. The maximum Gasteiger partial charge on any atom is 0.326 e. The fourth-order valence-corrected chi connectivity index (χ4v) is 1.68. The maximum absolute atomic E-state index is 11.7. The van der Waals surface area contributed by atoms with Gasteiger partial charge in [-0.3, -0.25) is 4.79 Å². The molecule has 0 aromatic rings. The summed E-state index contributed by atoms with van der Waals surface area (Å²) < 4.78 is 5.35. The molecule has 1 aliphatic rings. The standard InChI is InChI=1S/C11H19NO4/c1-11(2,3)16-7-9(13)12-6-4-5-8(12)10(14)15/h8H,4-7H2,1-3H3,(H,14,15)/t8-/m1/s1. The SMILES string of the molecule is CC(C)(C)OCC(=O)N1CCC[C@@H]1C(=O)O. The van der Waals surface area contributed by atoms with E-state index in [1.165, 1.54) is 4.90 Å². The van der Waals surface area contributed by atoms with Gasteiger partial charge in [-0.25, -0.2) is 4.79 Å². The molecular weight excluding hydrogens is 210 g/mol. The van der Waals surface area contributed by atoms with Crippen molar-refractivity contribution in [2.75, 3.05) is 13.2 Å². The van der Waals surface area contributed by atoms with Gasteiger partial charge in [0.1, 0.15) is 12.6 Å². The lowest BCUT2D eigenvalue weighted by Crippen LogP contribution is -2.43. The summed E-state index contributed by atoms with van der Waals surface area (Å²) in [5.41, 5.74) is -0.381. The number of hydrogen-bond acceptors (Lipinski definition) is 3. The Kier molecular flexibility index (Phi) is 3.91. The van der Waals surface area contributed by atoms with Crippen LogP contribution in [-0.2, 0) is 14.3 Å². The molecule has 0 radical (unpaired) electrons. The van der Waals surface area contributed by atoms with Crippen molar-refractivity contribution < 1.29 is 19.4 Å². The van der Waals surface area contributed by atoms with Crippen LogP contribution in [0.5, 0.6) is 0 Å². The van der Waals surface area contributed by atoms with E-state index in [1.807, 2.05) is 20.8 Å². The van der Waals surface area contributed by atoms with Crippen LogP contribution >= 0.6 is 0 Å². The van der Waals surface area contributed by atoms with Crippen molar-refractivity contribution >= 4 is 11.9 Å². The molecular formula is C11H19NO4. The minimum absolute atomic E-state index is 0.0483. The van der Waals surface area contributed by atoms with Gasteiger partial charge in [-0.2, -0.15) is 0 Å². The van der Waals surface area contributed by atoms with Gasteiger partial charge in [-0.1, -0.05) is 0 Å². The van der Waals surface area contributed by atoms with Gasteiger partial charge in [-0.15, -0.1) is 0 Å². The minimum atomic E-state index is -0.929. The van der Waals surface area contributed by atoms with E-state index >= 15 is 0 Å². The molecule has 16 heavy (non-hydrogen) atoms. The summed E-state index contributed by atoms with van der Waals surface area (Å²) in [7, 11) is 0. The number of carboxylic acid groups (broad SMARTS) is 1. The molecule has 1 heterocycles. The van der Waals surface area contributed by atoms with E-state index in [-0.39, 0.29) is 18.1 Å². The van der Waals surface area contributed by atoms with Crippen LogP contribution in [0.3, 0.4) is 0 Å². The third kappa shape index (κ3) is 3.48. The van der Waals surface area contributed by atoms with E-state index in [2.05, 4.69) is 0 Å². The molecule has 1 amide bonds. The molecule has 0 spiro atoms. The molecule has 0 aromatic heterocycles. The zero-order valence-corrected chi connectivity index (χ0v) is 10.0. The van der Waals surface area contributed by atoms with Gasteiger partial charge in [0, 0.05) is 6.54 Å². The highest BCUT2D eigenvalue weighted by molar-refractivity contribution is 5.84. The Balaban J connectivity index is 2.50. The largest absolute Gasteiger partial charge is 0.480 e. The summed E-state index contributed by atoms with van der Waals surface area (Å²) in [5, 5.41) is 8.93. The van der Waals surface area contributed by atoms with Crippen molar-refractivity contribution in [2.45, 2.75) is 45.3 Å². The van der Waals surface area contributed by atoms with E-state index in [4.69, 9.17) is 9.84 Å². The topological polar surface area (TPSA) is 66.8 Å². The van der Waals surface area contributed by atoms with Gasteiger partial charge in [0.2, 0.25) is 5.91 Å². The second kappa shape index (κ2) is 4.82. The fraction of sp³-hybridized carbons (Fsp3) is 0.818. The van der Waals surface area contributed by atoms with Gasteiger partial charge in [0.25, 0.3) is 0 Å². The summed E-state index contributed by atoms with van der Waals surface area (Å²) in [6.07, 6.45) is 1.29. The highest BCUT2D eigenvalue weighted by atomic mass is 16.5. The van der Waals surface area contributed by atoms with E-state index < -0.39 is 12.0 Å². The zero-order valence-electron chi connectivity index (χ0n) is 10.0. The number of hydrogen-bond donors (Lipinski definition) is 1. The van der Waals surface area contributed by atoms with Crippen molar-refractivity contribution in [1.29, 1.82) is 0 Å². The van der Waals surface area contributed by atoms with Crippen molar-refractivity contribution in [2.24, 2.45) is 0 Å². The molecule has 1 saturated heterocycles. The monoisotopic (exact) mass is 229 g/mol. The van der Waals surface area contributed by atoms with Gasteiger partial charge >= 0.3 is 5.97 Å². The van der Waals surface area contributed by atoms with Crippen LogP contribution in [0.25, 0.3) is 0 Å². The Bertz CT molecular complexity index is 282. The first kappa shape index (κ1) is 13.0. The third-order valence-corrected chi connectivity index (χ3v) is 2.49. The average Bonchev–Trinajstić information content (AvgIpc) is 2.61. The number of amides is 1. The third-order valence-electron chi connectivity index (χ3n) is 2.49. The molecule has 1 fully saturated rings. The van der Waals surface area contributed by atoms with Crippen LogP contribution in [0.15, 0.2) is 0 Å². The molecule has 1 aliphatic heterocycles. The zero-order chi connectivity index (χ0) is 12.3. The van der Waals surface area contributed by atoms with Crippen LogP contribution in [0.1, 0.15) is 33.6 Å². The Morgan fingerprint density at radius 3 is 2.56 bits per heavy atom. The quantitative estimate of drug-likeness (QED) is 0.780. The molecule has 1 N–H and O–H groups in total. The first-order chi connectivity index (χ1) is 7.31. The van der Waals surface area contributed by atoms with Gasteiger partial charge in [-0.05, 0) is 33.6 Å². The number of carboxylic acids is 1. The average molecular weight is 229 g/mol. The summed E-state index contributed by atoms with van der Waals surface area (Å²) in [4.78, 5) is 24.0. The fourth-order valence-electron chi connectivity index (χ4n) is 1.68. The van der Waals surface area contributed by atoms with Gasteiger partial charge < -0.3 is 14.7 Å². The molecule has 1 atom stereocenters. The highest BCUT2D eigenvalue weighted by Gasteiger charge is 2.34. The van der Waals surface area contributed by atoms with Crippen molar-refractivity contribution in [3.8, 4) is 0 Å². The normalized spacial score (nSPS) is 21.2. The number of nitrogens with zero attached hydrogens (tertiary/aromatic N) is 1. The molecule has 0 bridgehead atoms. The van der Waals surface area contributed by atoms with Crippen LogP contribution in [0.2, 0.25) is 0 Å². The molecule has 0 saturated carbocycles. The summed E-state index contributed by atoms with van der Waals surface area (Å²) in [5.74, 6) is -1.17. The van der Waals surface area contributed by atoms with E-state index in [1.54, 1.807) is 0 Å². The van der Waals surface area contributed by atoms with Gasteiger partial charge in [0.05, 0.1) is 5.60 Å². The second-order valence-corrected chi connectivity index (χ2v) is 4.98. The van der Waals surface area contributed by atoms with Crippen molar-refractivity contribution in [3.63, 3.8) is 0 Å². The first-order valence-electron chi connectivity index (χ1n) is 5.47. The van der Waals surface area contributed by atoms with Crippen molar-refractivity contribution in [1.82, 2.24) is 4.90 Å². The van der Waals surface area contributed by atoms with E-state index in [9.17, 15) is 9.59 Å². The summed E-state index contributed by atoms with van der Waals surface area (Å²) >= 11 is 0. The first-order valence-corrected chi connectivity index (χ1v) is 5.47. The van der Waals surface area contributed by atoms with Crippen LogP contribution < -0.4 is 0 Å². The molecule has 0 aromatic carbocycles. The number of carbonyl (C=O) groups excluding carboxylic acids is 1. The maximum atomic E-state index is 11.7. The number of carbonyl (C=O) groups is 2. The lowest BCUT2D eigenvalue weighted by atomic mass is 10.2. The number of rotatable bonds is 3. The predicted octanol–water partition coefficient (Wildman–Crippen LogP) is 0.877.